The molecule has 0 radical (unpaired) electrons. The summed E-state index contributed by atoms with van der Waals surface area (Å²) in [5.74, 6) is -0.771. The molecule has 7 nitrogen and oxygen atoms in total. The molecule has 7 heteroatoms. The Morgan fingerprint density at radius 2 is 1.72 bits per heavy atom. The van der Waals surface area contributed by atoms with Gasteiger partial charge in [0.05, 0.1) is 24.8 Å². The van der Waals surface area contributed by atoms with E-state index in [0.29, 0.717) is 43.1 Å². The van der Waals surface area contributed by atoms with Gasteiger partial charge in [-0.25, -0.2) is 0 Å². The third-order valence-corrected chi connectivity index (χ3v) is 5.20. The van der Waals surface area contributed by atoms with Gasteiger partial charge in [-0.3, -0.25) is 9.59 Å². The molecule has 1 fully saturated rings. The Kier molecular flexibility index (Phi) is 7.41. The molecule has 0 spiro atoms. The van der Waals surface area contributed by atoms with Crippen LogP contribution in [0.25, 0.3) is 5.76 Å². The van der Waals surface area contributed by atoms with Gasteiger partial charge in [0, 0.05) is 12.1 Å². The summed E-state index contributed by atoms with van der Waals surface area (Å²) in [6.07, 6.45) is 1.52. The van der Waals surface area contributed by atoms with E-state index in [1.54, 1.807) is 43.3 Å². The van der Waals surface area contributed by atoms with Gasteiger partial charge in [0.2, 0.25) is 0 Å². The van der Waals surface area contributed by atoms with Crippen molar-refractivity contribution >= 4 is 17.4 Å². The first-order valence-electron chi connectivity index (χ1n) is 10.9. The van der Waals surface area contributed by atoms with E-state index in [2.05, 4.69) is 0 Å². The van der Waals surface area contributed by atoms with Crippen LogP contribution in [0, 0.1) is 0 Å². The zero-order valence-corrected chi connectivity index (χ0v) is 18.6. The number of likely N-dealkylation sites (tertiary alicyclic amines) is 1. The number of aromatic hydroxyl groups is 1. The average Bonchev–Trinajstić information content (AvgIpc) is 3.04. The van der Waals surface area contributed by atoms with Crippen LogP contribution in [0.4, 0.5) is 0 Å². The fourth-order valence-corrected chi connectivity index (χ4v) is 3.75. The number of Topliss-reactive ketones (excluding diaryl/α,β-unsaturated/α-hetero) is 1. The van der Waals surface area contributed by atoms with E-state index >= 15 is 0 Å². The number of rotatable bonds is 9. The molecule has 170 valence electrons. The zero-order chi connectivity index (χ0) is 23.3. The summed E-state index contributed by atoms with van der Waals surface area (Å²) in [6, 6.07) is 10.7. The molecule has 2 aromatic rings. The van der Waals surface area contributed by atoms with Gasteiger partial charge >= 0.3 is 0 Å². The summed E-state index contributed by atoms with van der Waals surface area (Å²) < 4.78 is 11.1. The summed E-state index contributed by atoms with van der Waals surface area (Å²) >= 11 is 0. The highest BCUT2D eigenvalue weighted by molar-refractivity contribution is 6.46. The third kappa shape index (κ3) is 4.56. The second-order valence-electron chi connectivity index (χ2n) is 7.53. The number of ketones is 1. The minimum absolute atomic E-state index is 0.0128. The number of amides is 1. The van der Waals surface area contributed by atoms with Gasteiger partial charge in [-0.2, -0.15) is 0 Å². The minimum atomic E-state index is -0.786. The maximum Gasteiger partial charge on any atom is 0.295 e. The lowest BCUT2D eigenvalue weighted by Crippen LogP contribution is -2.30. The van der Waals surface area contributed by atoms with Gasteiger partial charge in [-0.05, 0) is 61.7 Å². The quantitative estimate of drug-likeness (QED) is 0.341. The molecule has 1 amide bonds. The number of ether oxygens (including phenoxy) is 2. The van der Waals surface area contributed by atoms with Crippen molar-refractivity contribution in [2.24, 2.45) is 0 Å². The predicted octanol–water partition coefficient (Wildman–Crippen LogP) is 4.41. The van der Waals surface area contributed by atoms with Gasteiger partial charge in [0.15, 0.2) is 11.5 Å². The highest BCUT2D eigenvalue weighted by atomic mass is 16.5. The first-order chi connectivity index (χ1) is 15.4. The number of hydrogen-bond donors (Lipinski definition) is 2. The summed E-state index contributed by atoms with van der Waals surface area (Å²) in [5, 5.41) is 21.2. The van der Waals surface area contributed by atoms with Gasteiger partial charge in [0.25, 0.3) is 11.7 Å². The molecule has 1 aliphatic rings. The molecule has 0 aliphatic carbocycles. The smallest absolute Gasteiger partial charge is 0.295 e. The van der Waals surface area contributed by atoms with E-state index in [-0.39, 0.29) is 22.8 Å². The number of benzene rings is 2. The van der Waals surface area contributed by atoms with Crippen LogP contribution in [-0.2, 0) is 9.59 Å². The van der Waals surface area contributed by atoms with E-state index in [4.69, 9.17) is 9.47 Å². The maximum atomic E-state index is 13.0. The summed E-state index contributed by atoms with van der Waals surface area (Å²) in [5.41, 5.74) is 0.999. The number of carbonyl (C=O) groups excluding carboxylic acids is 2. The van der Waals surface area contributed by atoms with Crippen molar-refractivity contribution in [3.63, 3.8) is 0 Å². The number of hydrogen-bond acceptors (Lipinski definition) is 6. The lowest BCUT2D eigenvalue weighted by molar-refractivity contribution is -0.139. The summed E-state index contributed by atoms with van der Waals surface area (Å²) in [4.78, 5) is 27.2. The predicted molar refractivity (Wildman–Crippen MR) is 121 cm³/mol. The number of aliphatic hydroxyl groups is 1. The van der Waals surface area contributed by atoms with Crippen molar-refractivity contribution in [1.29, 1.82) is 0 Å². The number of phenolic OH excluding ortho intramolecular Hbond substituents is 1. The maximum absolute atomic E-state index is 13.0. The molecule has 3 rings (SSSR count). The Bertz CT molecular complexity index is 1010. The summed E-state index contributed by atoms with van der Waals surface area (Å²) in [7, 11) is 0. The first-order valence-corrected chi connectivity index (χ1v) is 10.9. The lowest BCUT2D eigenvalue weighted by atomic mass is 9.95. The van der Waals surface area contributed by atoms with Gasteiger partial charge < -0.3 is 24.6 Å². The molecule has 2 N–H and O–H groups in total. The highest BCUT2D eigenvalue weighted by Crippen LogP contribution is 2.42. The number of phenols is 1. The Balaban J connectivity index is 2.10. The van der Waals surface area contributed by atoms with Gasteiger partial charge in [-0.1, -0.05) is 19.9 Å². The molecule has 32 heavy (non-hydrogen) atoms. The standard InChI is InChI=1S/C25H29NO6/c1-4-13-26-22(17-9-12-19(27)20(15-17)31-6-3)21(24(29)25(26)30)23(28)16-7-10-18(11-8-16)32-14-5-2/h7-12,15,22,27-28H,4-6,13-14H2,1-3H3/b23-21-. The Labute approximate surface area is 187 Å². The van der Waals surface area contributed by atoms with Crippen LogP contribution in [-0.4, -0.2) is 46.6 Å². The molecule has 0 bridgehead atoms. The topological polar surface area (TPSA) is 96.3 Å². The second-order valence-corrected chi connectivity index (χ2v) is 7.53. The van der Waals surface area contributed by atoms with Crippen molar-refractivity contribution < 1.29 is 29.3 Å². The molecular weight excluding hydrogens is 410 g/mol. The van der Waals surface area contributed by atoms with Gasteiger partial charge in [-0.15, -0.1) is 0 Å². The second kappa shape index (κ2) is 10.2. The molecule has 2 aromatic carbocycles. The van der Waals surface area contributed by atoms with Crippen LogP contribution in [0.3, 0.4) is 0 Å². The summed E-state index contributed by atoms with van der Waals surface area (Å²) in [6.45, 7) is 6.99. The van der Waals surface area contributed by atoms with Crippen LogP contribution in [0.2, 0.25) is 0 Å². The molecule has 0 aromatic heterocycles. The molecular formula is C25H29NO6. The first kappa shape index (κ1) is 23.2. The molecule has 1 saturated heterocycles. The monoisotopic (exact) mass is 439 g/mol. The fourth-order valence-electron chi connectivity index (χ4n) is 3.75. The van der Waals surface area contributed by atoms with Gasteiger partial charge in [0.1, 0.15) is 11.5 Å². The van der Waals surface area contributed by atoms with Crippen molar-refractivity contribution in [3.05, 3.63) is 59.2 Å². The SMILES string of the molecule is CCCOc1ccc(/C(O)=C2/C(=O)C(=O)N(CCC)C2c2ccc(O)c(OCC)c2)cc1. The zero-order valence-electron chi connectivity index (χ0n) is 18.6. The molecule has 0 saturated carbocycles. The molecule has 1 atom stereocenters. The number of nitrogens with zero attached hydrogens (tertiary/aromatic N) is 1. The minimum Gasteiger partial charge on any atom is -0.507 e. The third-order valence-electron chi connectivity index (χ3n) is 5.20. The van der Waals surface area contributed by atoms with E-state index in [1.807, 2.05) is 13.8 Å². The molecule has 1 aliphatic heterocycles. The Morgan fingerprint density at radius 3 is 2.34 bits per heavy atom. The van der Waals surface area contributed by atoms with Crippen LogP contribution >= 0.6 is 0 Å². The highest BCUT2D eigenvalue weighted by Gasteiger charge is 2.45. The Morgan fingerprint density at radius 1 is 1.00 bits per heavy atom. The lowest BCUT2D eigenvalue weighted by Gasteiger charge is -2.25. The van der Waals surface area contributed by atoms with Crippen LogP contribution in [0.15, 0.2) is 48.0 Å². The van der Waals surface area contributed by atoms with Crippen molar-refractivity contribution in [2.75, 3.05) is 19.8 Å². The van der Waals surface area contributed by atoms with Crippen molar-refractivity contribution in [1.82, 2.24) is 4.90 Å². The van der Waals surface area contributed by atoms with E-state index in [1.165, 1.54) is 11.0 Å². The van der Waals surface area contributed by atoms with E-state index in [9.17, 15) is 19.8 Å². The molecule has 1 heterocycles. The average molecular weight is 440 g/mol. The van der Waals surface area contributed by atoms with Crippen LogP contribution < -0.4 is 9.47 Å². The number of aliphatic hydroxyl groups excluding tert-OH is 1. The fraction of sp³-hybridized carbons (Fsp3) is 0.360. The van der Waals surface area contributed by atoms with Crippen molar-refractivity contribution in [3.8, 4) is 17.2 Å². The van der Waals surface area contributed by atoms with Crippen LogP contribution in [0.1, 0.15) is 50.8 Å². The largest absolute Gasteiger partial charge is 0.507 e. The molecule has 1 unspecified atom stereocenters. The normalized spacial score (nSPS) is 17.6. The van der Waals surface area contributed by atoms with Crippen molar-refractivity contribution in [2.45, 2.75) is 39.7 Å². The Hall–Kier alpha value is -3.48. The van der Waals surface area contributed by atoms with E-state index < -0.39 is 17.7 Å². The van der Waals surface area contributed by atoms with E-state index in [0.717, 1.165) is 6.42 Å². The van der Waals surface area contributed by atoms with Crippen LogP contribution in [0.5, 0.6) is 17.2 Å². The number of carbonyl (C=O) groups is 2.